The minimum atomic E-state index is -0.0793. The second-order valence-corrected chi connectivity index (χ2v) is 6.10. The molecule has 3 rings (SSSR count). The fourth-order valence-corrected chi connectivity index (χ4v) is 3.30. The molecule has 96 valence electrons. The minimum absolute atomic E-state index is 0.0793. The number of hydrogen-bond donors (Lipinski definition) is 1. The molecule has 3 aromatic rings. The van der Waals surface area contributed by atoms with Gasteiger partial charge in [-0.1, -0.05) is 17.4 Å². The molecule has 0 bridgehead atoms. The van der Waals surface area contributed by atoms with E-state index in [1.807, 2.05) is 37.6 Å². The molecule has 0 aliphatic heterocycles. The van der Waals surface area contributed by atoms with Crippen molar-refractivity contribution in [1.29, 1.82) is 0 Å². The summed E-state index contributed by atoms with van der Waals surface area (Å²) in [5, 5.41) is 2.01. The Morgan fingerprint density at radius 1 is 1.42 bits per heavy atom. The average Bonchev–Trinajstić information content (AvgIpc) is 2.98. The number of aryl methyl sites for hydroxylation is 2. The van der Waals surface area contributed by atoms with E-state index in [0.717, 1.165) is 26.5 Å². The van der Waals surface area contributed by atoms with E-state index in [4.69, 9.17) is 0 Å². The summed E-state index contributed by atoms with van der Waals surface area (Å²) < 4.78 is 0.883. The SMILES string of the molecule is Cc1nc2[nH]c(=O)sc2c(C)c1N=Cc1cccs1. The highest BCUT2D eigenvalue weighted by Crippen LogP contribution is 2.29. The van der Waals surface area contributed by atoms with Crippen molar-refractivity contribution >= 4 is 44.9 Å². The number of nitrogens with zero attached hydrogens (tertiary/aromatic N) is 2. The number of aromatic amines is 1. The normalized spacial score (nSPS) is 11.7. The van der Waals surface area contributed by atoms with Crippen LogP contribution in [0.15, 0.2) is 27.3 Å². The lowest BCUT2D eigenvalue weighted by molar-refractivity contribution is 1.18. The summed E-state index contributed by atoms with van der Waals surface area (Å²) in [4.78, 5) is 24.1. The van der Waals surface area contributed by atoms with E-state index in [1.54, 1.807) is 11.3 Å². The number of pyridine rings is 1. The Bertz CT molecular complexity index is 812. The van der Waals surface area contributed by atoms with Gasteiger partial charge in [-0.05, 0) is 30.9 Å². The standard InChI is InChI=1S/C13H11N3OS2/c1-7-10(14-6-9-4-3-5-18-9)8(2)15-12-11(7)19-13(17)16-12/h3-6H,1-2H3,(H,15,16,17). The summed E-state index contributed by atoms with van der Waals surface area (Å²) in [6, 6.07) is 4.00. The third-order valence-electron chi connectivity index (χ3n) is 2.81. The highest BCUT2D eigenvalue weighted by Gasteiger charge is 2.11. The summed E-state index contributed by atoms with van der Waals surface area (Å²) in [5.41, 5.74) is 3.32. The summed E-state index contributed by atoms with van der Waals surface area (Å²) in [5.74, 6) is 0. The van der Waals surface area contributed by atoms with Gasteiger partial charge in [0.15, 0.2) is 5.65 Å². The number of thiazole rings is 1. The fourth-order valence-electron chi connectivity index (χ4n) is 1.94. The number of rotatable bonds is 2. The largest absolute Gasteiger partial charge is 0.306 e. The van der Waals surface area contributed by atoms with Crippen LogP contribution in [0.3, 0.4) is 0 Å². The molecule has 1 N–H and O–H groups in total. The van der Waals surface area contributed by atoms with Gasteiger partial charge in [0.2, 0.25) is 0 Å². The predicted octanol–water partition coefficient (Wildman–Crippen LogP) is 3.41. The van der Waals surface area contributed by atoms with Gasteiger partial charge in [-0.2, -0.15) is 0 Å². The third-order valence-corrected chi connectivity index (χ3v) is 4.61. The molecule has 0 fully saturated rings. The molecule has 0 amide bonds. The monoisotopic (exact) mass is 289 g/mol. The molecular weight excluding hydrogens is 278 g/mol. The molecule has 0 radical (unpaired) electrons. The molecule has 0 atom stereocenters. The van der Waals surface area contributed by atoms with Crippen molar-refractivity contribution in [3.8, 4) is 0 Å². The molecule has 4 nitrogen and oxygen atoms in total. The van der Waals surface area contributed by atoms with Crippen LogP contribution in [0.5, 0.6) is 0 Å². The van der Waals surface area contributed by atoms with Gasteiger partial charge in [-0.15, -0.1) is 11.3 Å². The van der Waals surface area contributed by atoms with Gasteiger partial charge < -0.3 is 0 Å². The molecule has 19 heavy (non-hydrogen) atoms. The topological polar surface area (TPSA) is 58.1 Å². The van der Waals surface area contributed by atoms with Crippen molar-refractivity contribution in [3.63, 3.8) is 0 Å². The maximum Gasteiger partial charge on any atom is 0.306 e. The van der Waals surface area contributed by atoms with Crippen LogP contribution < -0.4 is 4.87 Å². The smallest absolute Gasteiger partial charge is 0.297 e. The fraction of sp³-hybridized carbons (Fsp3) is 0.154. The van der Waals surface area contributed by atoms with Crippen LogP contribution in [-0.4, -0.2) is 16.2 Å². The van der Waals surface area contributed by atoms with Gasteiger partial charge in [0, 0.05) is 11.1 Å². The van der Waals surface area contributed by atoms with Crippen molar-refractivity contribution in [2.24, 2.45) is 4.99 Å². The number of H-pyrrole nitrogens is 1. The second-order valence-electron chi connectivity index (χ2n) is 4.14. The zero-order valence-electron chi connectivity index (χ0n) is 10.4. The van der Waals surface area contributed by atoms with Crippen molar-refractivity contribution in [1.82, 2.24) is 9.97 Å². The molecular formula is C13H11N3OS2. The Morgan fingerprint density at radius 3 is 3.00 bits per heavy atom. The van der Waals surface area contributed by atoms with Crippen LogP contribution in [0, 0.1) is 13.8 Å². The molecule has 0 saturated heterocycles. The first kappa shape index (κ1) is 12.3. The van der Waals surface area contributed by atoms with E-state index in [2.05, 4.69) is 15.0 Å². The lowest BCUT2D eigenvalue weighted by Gasteiger charge is -2.04. The van der Waals surface area contributed by atoms with Gasteiger partial charge in [0.1, 0.15) is 0 Å². The van der Waals surface area contributed by atoms with E-state index in [9.17, 15) is 4.79 Å². The quantitative estimate of drug-likeness (QED) is 0.735. The molecule has 3 aromatic heterocycles. The summed E-state index contributed by atoms with van der Waals surface area (Å²) in [6.45, 7) is 3.88. The maximum absolute atomic E-state index is 11.4. The van der Waals surface area contributed by atoms with Crippen LogP contribution in [-0.2, 0) is 0 Å². The Labute approximate surface area is 117 Å². The van der Waals surface area contributed by atoms with Crippen LogP contribution in [0.4, 0.5) is 5.69 Å². The first-order valence-corrected chi connectivity index (χ1v) is 7.42. The first-order valence-electron chi connectivity index (χ1n) is 5.73. The Hall–Kier alpha value is -1.79. The third kappa shape index (κ3) is 2.24. The van der Waals surface area contributed by atoms with Crippen LogP contribution in [0.25, 0.3) is 10.3 Å². The molecule has 6 heteroatoms. The van der Waals surface area contributed by atoms with Crippen molar-refractivity contribution in [2.45, 2.75) is 13.8 Å². The van der Waals surface area contributed by atoms with E-state index >= 15 is 0 Å². The molecule has 0 aliphatic carbocycles. The number of aromatic nitrogens is 2. The molecule has 0 spiro atoms. The number of nitrogens with one attached hydrogen (secondary N) is 1. The van der Waals surface area contributed by atoms with Crippen molar-refractivity contribution in [3.05, 3.63) is 43.3 Å². The lowest BCUT2D eigenvalue weighted by atomic mass is 10.2. The Balaban J connectivity index is 2.15. The molecule has 0 saturated carbocycles. The van der Waals surface area contributed by atoms with Crippen LogP contribution in [0.1, 0.15) is 16.1 Å². The lowest BCUT2D eigenvalue weighted by Crippen LogP contribution is -1.92. The van der Waals surface area contributed by atoms with E-state index in [0.29, 0.717) is 5.65 Å². The number of thiophene rings is 1. The molecule has 0 aliphatic rings. The second kappa shape index (κ2) is 4.71. The van der Waals surface area contributed by atoms with Crippen LogP contribution in [0.2, 0.25) is 0 Å². The van der Waals surface area contributed by atoms with Crippen molar-refractivity contribution < 1.29 is 0 Å². The molecule has 0 aromatic carbocycles. The summed E-state index contributed by atoms with van der Waals surface area (Å²) >= 11 is 2.82. The number of hydrogen-bond acceptors (Lipinski definition) is 5. The van der Waals surface area contributed by atoms with Crippen LogP contribution >= 0.6 is 22.7 Å². The summed E-state index contributed by atoms with van der Waals surface area (Å²) in [7, 11) is 0. The van der Waals surface area contributed by atoms with Gasteiger partial charge in [0.05, 0.1) is 16.1 Å². The molecule has 3 heterocycles. The van der Waals surface area contributed by atoms with E-state index in [-0.39, 0.29) is 4.87 Å². The van der Waals surface area contributed by atoms with Gasteiger partial charge in [-0.25, -0.2) is 4.98 Å². The minimum Gasteiger partial charge on any atom is -0.297 e. The van der Waals surface area contributed by atoms with Gasteiger partial charge >= 0.3 is 4.87 Å². The Kier molecular flexibility index (Phi) is 3.04. The van der Waals surface area contributed by atoms with Crippen molar-refractivity contribution in [2.75, 3.05) is 0 Å². The number of aliphatic imine (C=N–C) groups is 1. The molecule has 0 unspecified atom stereocenters. The maximum atomic E-state index is 11.4. The first-order chi connectivity index (χ1) is 9.15. The van der Waals surface area contributed by atoms with E-state index < -0.39 is 0 Å². The zero-order chi connectivity index (χ0) is 13.4. The highest BCUT2D eigenvalue weighted by molar-refractivity contribution is 7.16. The predicted molar refractivity (Wildman–Crippen MR) is 81.3 cm³/mol. The highest BCUT2D eigenvalue weighted by atomic mass is 32.1. The number of fused-ring (bicyclic) bond motifs is 1. The van der Waals surface area contributed by atoms with E-state index in [1.165, 1.54) is 11.3 Å². The summed E-state index contributed by atoms with van der Waals surface area (Å²) in [6.07, 6.45) is 1.84. The van der Waals surface area contributed by atoms with Gasteiger partial charge in [-0.3, -0.25) is 14.8 Å². The Morgan fingerprint density at radius 2 is 2.26 bits per heavy atom. The average molecular weight is 289 g/mol. The zero-order valence-corrected chi connectivity index (χ0v) is 12.1. The van der Waals surface area contributed by atoms with Gasteiger partial charge in [0.25, 0.3) is 0 Å².